The maximum absolute atomic E-state index is 12.2. The minimum absolute atomic E-state index is 0.0759. The molecular weight excluding hydrogens is 412 g/mol. The lowest BCUT2D eigenvalue weighted by atomic mass is 10.1. The van der Waals surface area contributed by atoms with Crippen LogP contribution in [0.2, 0.25) is 5.02 Å². The second-order valence-electron chi connectivity index (χ2n) is 9.31. The van der Waals surface area contributed by atoms with E-state index in [2.05, 4.69) is 42.4 Å². The fourth-order valence-corrected chi connectivity index (χ4v) is 4.09. The SMILES string of the molecule is C=C(CCC(=O)CCC(=O)OC(C)(C)C)N1CCN(c2ccc(Cl)c(CC)c2)[C@@H](C)C1. The molecule has 6 heteroatoms. The van der Waals surface area contributed by atoms with Gasteiger partial charge in [-0.1, -0.05) is 25.1 Å². The first-order valence-corrected chi connectivity index (χ1v) is 11.6. The Kier molecular flexibility index (Phi) is 8.99. The van der Waals surface area contributed by atoms with Gasteiger partial charge in [0, 0.05) is 54.9 Å². The number of ketones is 1. The molecule has 1 aliphatic heterocycles. The van der Waals surface area contributed by atoms with Crippen LogP contribution in [0.25, 0.3) is 0 Å². The van der Waals surface area contributed by atoms with Crippen molar-refractivity contribution in [3.8, 4) is 0 Å². The molecule has 0 radical (unpaired) electrons. The third-order valence-corrected chi connectivity index (χ3v) is 5.91. The van der Waals surface area contributed by atoms with Crippen molar-refractivity contribution in [1.82, 2.24) is 4.90 Å². The summed E-state index contributed by atoms with van der Waals surface area (Å²) in [6.45, 7) is 16.7. The fraction of sp³-hybridized carbons (Fsp3) is 0.600. The highest BCUT2D eigenvalue weighted by molar-refractivity contribution is 6.31. The normalized spacial score (nSPS) is 16.9. The molecule has 0 saturated carbocycles. The van der Waals surface area contributed by atoms with Gasteiger partial charge in [-0.05, 0) is 64.3 Å². The van der Waals surface area contributed by atoms with Crippen molar-refractivity contribution < 1.29 is 14.3 Å². The van der Waals surface area contributed by atoms with Crippen LogP contribution in [-0.4, -0.2) is 47.9 Å². The Bertz CT molecular complexity index is 800. The quantitative estimate of drug-likeness (QED) is 0.473. The van der Waals surface area contributed by atoms with E-state index in [0.717, 1.165) is 36.8 Å². The van der Waals surface area contributed by atoms with E-state index in [1.165, 1.54) is 11.3 Å². The van der Waals surface area contributed by atoms with E-state index in [9.17, 15) is 9.59 Å². The number of halogens is 1. The Morgan fingerprint density at radius 1 is 1.16 bits per heavy atom. The van der Waals surface area contributed by atoms with Gasteiger partial charge in [0.15, 0.2) is 0 Å². The first-order chi connectivity index (χ1) is 14.5. The lowest BCUT2D eigenvalue weighted by Crippen LogP contribution is -2.51. The van der Waals surface area contributed by atoms with Crippen LogP contribution in [0.5, 0.6) is 0 Å². The Morgan fingerprint density at radius 2 is 1.84 bits per heavy atom. The fourth-order valence-electron chi connectivity index (χ4n) is 3.84. The molecule has 1 fully saturated rings. The third kappa shape index (κ3) is 7.88. The number of piperazine rings is 1. The first-order valence-electron chi connectivity index (χ1n) is 11.2. The molecule has 0 unspecified atom stereocenters. The number of nitrogens with zero attached hydrogens (tertiary/aromatic N) is 2. The number of anilines is 1. The summed E-state index contributed by atoms with van der Waals surface area (Å²) in [6, 6.07) is 6.59. The van der Waals surface area contributed by atoms with E-state index in [0.29, 0.717) is 18.9 Å². The van der Waals surface area contributed by atoms with Crippen molar-refractivity contribution in [3.05, 3.63) is 41.1 Å². The standard InChI is InChI=1S/C25H37ClN2O3/c1-7-20-16-21(9-12-23(20)26)28-15-14-27(17-19(28)3)18(2)8-10-22(29)11-13-24(30)31-25(4,5)6/h9,12,16,19H,2,7-8,10-11,13-15,17H2,1,3-6H3/t19-/m0/s1. The lowest BCUT2D eigenvalue weighted by Gasteiger charge is -2.43. The smallest absolute Gasteiger partial charge is 0.306 e. The topological polar surface area (TPSA) is 49.9 Å². The van der Waals surface area contributed by atoms with Gasteiger partial charge in [0.2, 0.25) is 0 Å². The third-order valence-electron chi connectivity index (χ3n) is 5.54. The van der Waals surface area contributed by atoms with Gasteiger partial charge >= 0.3 is 5.97 Å². The minimum Gasteiger partial charge on any atom is -0.460 e. The van der Waals surface area contributed by atoms with Gasteiger partial charge in [-0.2, -0.15) is 0 Å². The minimum atomic E-state index is -0.516. The Hall–Kier alpha value is -2.01. The summed E-state index contributed by atoms with van der Waals surface area (Å²) in [5, 5.41) is 0.822. The van der Waals surface area contributed by atoms with E-state index < -0.39 is 5.60 Å². The molecule has 1 aromatic carbocycles. The molecule has 1 aliphatic rings. The predicted octanol–water partition coefficient (Wildman–Crippen LogP) is 5.40. The van der Waals surface area contributed by atoms with Gasteiger partial charge in [0.1, 0.15) is 11.4 Å². The molecule has 0 amide bonds. The van der Waals surface area contributed by atoms with Gasteiger partial charge in [-0.15, -0.1) is 0 Å². The molecule has 0 N–H and O–H groups in total. The first kappa shape index (κ1) is 25.3. The number of benzene rings is 1. The molecule has 172 valence electrons. The zero-order chi connectivity index (χ0) is 23.2. The molecule has 0 bridgehead atoms. The predicted molar refractivity (Wildman–Crippen MR) is 128 cm³/mol. The zero-order valence-electron chi connectivity index (χ0n) is 19.7. The molecule has 0 spiro atoms. The van der Waals surface area contributed by atoms with Crippen molar-refractivity contribution in [2.75, 3.05) is 24.5 Å². The molecule has 5 nitrogen and oxygen atoms in total. The number of ether oxygens (including phenoxy) is 1. The maximum Gasteiger partial charge on any atom is 0.306 e. The van der Waals surface area contributed by atoms with Crippen LogP contribution in [0.15, 0.2) is 30.5 Å². The molecule has 31 heavy (non-hydrogen) atoms. The number of esters is 1. The van der Waals surface area contributed by atoms with Crippen LogP contribution in [0.3, 0.4) is 0 Å². The van der Waals surface area contributed by atoms with E-state index in [1.54, 1.807) is 0 Å². The van der Waals surface area contributed by atoms with Crippen LogP contribution in [-0.2, 0) is 20.7 Å². The average Bonchev–Trinajstić information content (AvgIpc) is 2.69. The van der Waals surface area contributed by atoms with Crippen LogP contribution in [0.4, 0.5) is 5.69 Å². The summed E-state index contributed by atoms with van der Waals surface area (Å²) < 4.78 is 5.26. The van der Waals surface area contributed by atoms with Crippen molar-refractivity contribution in [2.24, 2.45) is 0 Å². The number of hydrogen-bond donors (Lipinski definition) is 0. The monoisotopic (exact) mass is 448 g/mol. The van der Waals surface area contributed by atoms with Crippen LogP contribution in [0.1, 0.15) is 65.9 Å². The van der Waals surface area contributed by atoms with E-state index in [4.69, 9.17) is 16.3 Å². The average molecular weight is 449 g/mol. The van der Waals surface area contributed by atoms with E-state index in [-0.39, 0.29) is 24.6 Å². The van der Waals surface area contributed by atoms with Crippen molar-refractivity contribution in [1.29, 1.82) is 0 Å². The molecule has 1 saturated heterocycles. The molecule has 2 rings (SSSR count). The molecule has 1 heterocycles. The van der Waals surface area contributed by atoms with Gasteiger partial charge in [-0.3, -0.25) is 9.59 Å². The maximum atomic E-state index is 12.2. The number of carbonyl (C=O) groups is 2. The van der Waals surface area contributed by atoms with Gasteiger partial charge in [-0.25, -0.2) is 0 Å². The summed E-state index contributed by atoms with van der Waals surface area (Å²) >= 11 is 6.27. The number of carbonyl (C=O) groups excluding carboxylic acids is 2. The van der Waals surface area contributed by atoms with E-state index >= 15 is 0 Å². The highest BCUT2D eigenvalue weighted by Gasteiger charge is 2.25. The number of allylic oxidation sites excluding steroid dienone is 1. The Morgan fingerprint density at radius 3 is 2.45 bits per heavy atom. The van der Waals surface area contributed by atoms with Gasteiger partial charge < -0.3 is 14.5 Å². The van der Waals surface area contributed by atoms with Gasteiger partial charge in [0.25, 0.3) is 0 Å². The zero-order valence-corrected chi connectivity index (χ0v) is 20.4. The molecule has 0 aromatic heterocycles. The number of hydrogen-bond acceptors (Lipinski definition) is 5. The Balaban J connectivity index is 1.79. The number of aryl methyl sites for hydroxylation is 1. The van der Waals surface area contributed by atoms with E-state index in [1.807, 2.05) is 26.8 Å². The molecule has 1 atom stereocenters. The summed E-state index contributed by atoms with van der Waals surface area (Å²) in [4.78, 5) is 28.7. The van der Waals surface area contributed by atoms with Crippen LogP contribution in [0, 0.1) is 0 Å². The highest BCUT2D eigenvalue weighted by atomic mass is 35.5. The molecule has 0 aliphatic carbocycles. The Labute approximate surface area is 192 Å². The second kappa shape index (κ2) is 11.0. The highest BCUT2D eigenvalue weighted by Crippen LogP contribution is 2.27. The molecule has 1 aromatic rings. The lowest BCUT2D eigenvalue weighted by molar-refractivity contribution is -0.155. The summed E-state index contributed by atoms with van der Waals surface area (Å²) in [6.07, 6.45) is 2.32. The van der Waals surface area contributed by atoms with Gasteiger partial charge in [0.05, 0.1) is 6.42 Å². The number of rotatable bonds is 9. The van der Waals surface area contributed by atoms with Crippen LogP contribution >= 0.6 is 11.6 Å². The largest absolute Gasteiger partial charge is 0.460 e. The summed E-state index contributed by atoms with van der Waals surface area (Å²) in [5.41, 5.74) is 2.85. The number of Topliss-reactive ketones (excluding diaryl/α,β-unsaturated/α-hetero) is 1. The van der Waals surface area contributed by atoms with Crippen molar-refractivity contribution in [3.63, 3.8) is 0 Å². The van der Waals surface area contributed by atoms with Crippen molar-refractivity contribution in [2.45, 2.75) is 78.4 Å². The summed E-state index contributed by atoms with van der Waals surface area (Å²) in [7, 11) is 0. The van der Waals surface area contributed by atoms with Crippen LogP contribution < -0.4 is 4.90 Å². The second-order valence-corrected chi connectivity index (χ2v) is 9.72. The molecular formula is C25H37ClN2O3. The van der Waals surface area contributed by atoms with Crippen molar-refractivity contribution >= 4 is 29.0 Å². The summed E-state index contributed by atoms with van der Waals surface area (Å²) in [5.74, 6) is -0.245.